The summed E-state index contributed by atoms with van der Waals surface area (Å²) in [5, 5.41) is 0. The molecule has 0 fully saturated rings. The maximum atomic E-state index is 11.1. The Balaban J connectivity index is 0.000000845. The Morgan fingerprint density at radius 2 is 1.77 bits per heavy atom. The Morgan fingerprint density at radius 3 is 2.38 bits per heavy atom. The van der Waals surface area contributed by atoms with Gasteiger partial charge in [-0.25, -0.2) is 4.42 Å². The summed E-state index contributed by atoms with van der Waals surface area (Å²) in [6, 6.07) is 6.63. The number of rotatable bonds is 0. The maximum Gasteiger partial charge on any atom is 0.314 e. The number of hydrogen-bond donors (Lipinski definition) is 0. The molecule has 5 heteroatoms. The maximum absolute atomic E-state index is 11.1. The zero-order valence-electron chi connectivity index (χ0n) is 6.36. The molecule has 2 rings (SSSR count). The van der Waals surface area contributed by atoms with Crippen molar-refractivity contribution in [3.8, 4) is 0 Å². The molecule has 13 heavy (non-hydrogen) atoms. The predicted octanol–water partition coefficient (Wildman–Crippen LogP) is 1.79. The summed E-state index contributed by atoms with van der Waals surface area (Å²) in [7, 11) is 0. The van der Waals surface area contributed by atoms with Crippen LogP contribution in [0.15, 0.2) is 24.3 Å². The van der Waals surface area contributed by atoms with Gasteiger partial charge in [0.25, 0.3) is 5.78 Å². The molecule has 1 aliphatic rings. The highest BCUT2D eigenvalue weighted by Crippen LogP contribution is 2.29. The molecule has 0 radical (unpaired) electrons. The van der Waals surface area contributed by atoms with Gasteiger partial charge >= 0.3 is 5.91 Å². The van der Waals surface area contributed by atoms with Gasteiger partial charge in [0.1, 0.15) is 0 Å². The molecule has 1 aromatic rings. The third kappa shape index (κ3) is 1.30. The number of carbonyl (C=O) groups excluding carboxylic acids is 2. The van der Waals surface area contributed by atoms with E-state index in [4.69, 9.17) is 11.8 Å². The van der Waals surface area contributed by atoms with Crippen molar-refractivity contribution in [1.82, 2.24) is 0 Å². The summed E-state index contributed by atoms with van der Waals surface area (Å²) >= 11 is 5.55. The van der Waals surface area contributed by atoms with E-state index in [1.807, 2.05) is 0 Å². The van der Waals surface area contributed by atoms with Gasteiger partial charge in [-0.05, 0) is 12.1 Å². The van der Waals surface area contributed by atoms with Crippen molar-refractivity contribution in [3.05, 3.63) is 29.8 Å². The number of fused-ring (bicyclic) bond motifs is 1. The van der Waals surface area contributed by atoms with E-state index in [0.717, 1.165) is 4.42 Å². The quantitative estimate of drug-likeness (QED) is 0.491. The lowest BCUT2D eigenvalue weighted by Crippen LogP contribution is -2.19. The molecule has 1 heterocycles. The summed E-state index contributed by atoms with van der Waals surface area (Å²) < 4.78 is 0.845. The molecule has 1 aromatic carbocycles. The van der Waals surface area contributed by atoms with Crippen LogP contribution in [0.3, 0.4) is 0 Å². The van der Waals surface area contributed by atoms with Gasteiger partial charge in [-0.2, -0.15) is 0 Å². The van der Waals surface area contributed by atoms with Crippen LogP contribution in [0.5, 0.6) is 0 Å². The molecule has 0 saturated heterocycles. The Bertz CT molecular complexity index is 378. The molecule has 0 N–H and O–H groups in total. The monoisotopic (exact) mass is 217 g/mol. The first-order valence-electron chi connectivity index (χ1n) is 3.35. The fourth-order valence-corrected chi connectivity index (χ4v) is 1.37. The van der Waals surface area contributed by atoms with Crippen molar-refractivity contribution < 1.29 is 9.59 Å². The largest absolute Gasteiger partial charge is 0.314 e. The molecular formula is C8H5Cl2NO2. The summed E-state index contributed by atoms with van der Waals surface area (Å²) in [5.41, 5.74) is 0.840. The Hall–Kier alpha value is -1.06. The van der Waals surface area contributed by atoms with Crippen LogP contribution in [0, 0.1) is 0 Å². The van der Waals surface area contributed by atoms with Crippen LogP contribution in [0.25, 0.3) is 0 Å². The Kier molecular flexibility index (Phi) is 2.59. The van der Waals surface area contributed by atoms with Gasteiger partial charge in [0.15, 0.2) is 0 Å². The molecule has 1 amide bonds. The lowest BCUT2D eigenvalue weighted by molar-refractivity contribution is -0.113. The first-order chi connectivity index (χ1) is 5.72. The van der Waals surface area contributed by atoms with Crippen molar-refractivity contribution in [1.29, 1.82) is 0 Å². The lowest BCUT2D eigenvalue weighted by atomic mass is 10.1. The van der Waals surface area contributed by atoms with Crippen LogP contribution < -0.4 is 4.42 Å². The third-order valence-electron chi connectivity index (χ3n) is 1.73. The van der Waals surface area contributed by atoms with E-state index in [0.29, 0.717) is 11.3 Å². The third-order valence-corrected chi connectivity index (χ3v) is 2.07. The first-order valence-corrected chi connectivity index (χ1v) is 3.69. The van der Waals surface area contributed by atoms with E-state index in [-0.39, 0.29) is 12.4 Å². The standard InChI is InChI=1S/C8H4ClNO2.ClH/c9-10-6-4-2-1-3-5(6)7(11)8(10)12;/h1-4H;1H. The van der Waals surface area contributed by atoms with Gasteiger partial charge in [0.05, 0.1) is 11.3 Å². The molecule has 0 spiro atoms. The molecule has 68 valence electrons. The molecule has 0 atom stereocenters. The Morgan fingerprint density at radius 1 is 1.15 bits per heavy atom. The fourth-order valence-electron chi connectivity index (χ4n) is 1.15. The van der Waals surface area contributed by atoms with E-state index in [1.165, 1.54) is 0 Å². The lowest BCUT2D eigenvalue weighted by Gasteiger charge is -2.02. The number of hydrogen-bond acceptors (Lipinski definition) is 2. The molecule has 1 aliphatic heterocycles. The highest BCUT2D eigenvalue weighted by Gasteiger charge is 2.34. The number of para-hydroxylation sites is 1. The van der Waals surface area contributed by atoms with Gasteiger partial charge in [-0.15, -0.1) is 12.4 Å². The fraction of sp³-hybridized carbons (Fsp3) is 0. The number of Topliss-reactive ketones (excluding diaryl/α,β-unsaturated/α-hetero) is 1. The van der Waals surface area contributed by atoms with E-state index < -0.39 is 11.7 Å². The second kappa shape index (κ2) is 3.36. The van der Waals surface area contributed by atoms with Crippen molar-refractivity contribution in [3.63, 3.8) is 0 Å². The number of nitrogens with zero attached hydrogens (tertiary/aromatic N) is 1. The van der Waals surface area contributed by atoms with Crippen LogP contribution in [0.2, 0.25) is 0 Å². The van der Waals surface area contributed by atoms with Gasteiger partial charge in [-0.1, -0.05) is 12.1 Å². The van der Waals surface area contributed by atoms with Crippen molar-refractivity contribution in [2.75, 3.05) is 4.42 Å². The highest BCUT2D eigenvalue weighted by atomic mass is 35.5. The first kappa shape index (κ1) is 10.0. The molecule has 0 aliphatic carbocycles. The van der Waals surface area contributed by atoms with Crippen LogP contribution in [0.1, 0.15) is 10.4 Å². The minimum atomic E-state index is -0.683. The number of halogens is 2. The number of benzene rings is 1. The number of amides is 1. The van der Waals surface area contributed by atoms with Crippen LogP contribution >= 0.6 is 24.2 Å². The van der Waals surface area contributed by atoms with Crippen LogP contribution in [0.4, 0.5) is 5.69 Å². The van der Waals surface area contributed by atoms with Gasteiger partial charge < -0.3 is 0 Å². The zero-order chi connectivity index (χ0) is 8.72. The molecule has 3 nitrogen and oxygen atoms in total. The topological polar surface area (TPSA) is 37.4 Å². The number of carbonyl (C=O) groups is 2. The Labute approximate surface area is 85.8 Å². The average molecular weight is 218 g/mol. The number of ketones is 1. The van der Waals surface area contributed by atoms with Crippen molar-refractivity contribution >= 4 is 41.6 Å². The normalized spacial score (nSPS) is 14.1. The second-order valence-corrected chi connectivity index (χ2v) is 2.77. The molecular weight excluding hydrogens is 213 g/mol. The minimum Gasteiger partial charge on any atom is -0.283 e. The van der Waals surface area contributed by atoms with E-state index >= 15 is 0 Å². The summed E-state index contributed by atoms with van der Waals surface area (Å²) in [4.78, 5) is 22.1. The van der Waals surface area contributed by atoms with Crippen LogP contribution in [-0.4, -0.2) is 11.7 Å². The van der Waals surface area contributed by atoms with Gasteiger partial charge in [0.2, 0.25) is 0 Å². The second-order valence-electron chi connectivity index (χ2n) is 2.43. The molecule has 0 bridgehead atoms. The smallest absolute Gasteiger partial charge is 0.283 e. The number of anilines is 1. The summed E-state index contributed by atoms with van der Waals surface area (Å²) in [6.45, 7) is 0. The average Bonchev–Trinajstić information content (AvgIpc) is 2.33. The van der Waals surface area contributed by atoms with Crippen molar-refractivity contribution in [2.24, 2.45) is 0 Å². The molecule has 0 saturated carbocycles. The molecule has 0 unspecified atom stereocenters. The summed E-state index contributed by atoms with van der Waals surface area (Å²) in [6.07, 6.45) is 0. The summed E-state index contributed by atoms with van der Waals surface area (Å²) in [5.74, 6) is -1.22. The SMILES string of the molecule is Cl.O=C1C(=O)N(Cl)c2ccccc21. The van der Waals surface area contributed by atoms with E-state index in [2.05, 4.69) is 0 Å². The van der Waals surface area contributed by atoms with E-state index in [9.17, 15) is 9.59 Å². The zero-order valence-corrected chi connectivity index (χ0v) is 7.93. The minimum absolute atomic E-state index is 0. The van der Waals surface area contributed by atoms with Crippen LogP contribution in [-0.2, 0) is 4.79 Å². The predicted molar refractivity (Wildman–Crippen MR) is 51.4 cm³/mol. The van der Waals surface area contributed by atoms with E-state index in [1.54, 1.807) is 24.3 Å². The van der Waals surface area contributed by atoms with Crippen molar-refractivity contribution in [2.45, 2.75) is 0 Å². The molecule has 0 aromatic heterocycles. The van der Waals surface area contributed by atoms with Gasteiger partial charge in [0, 0.05) is 11.8 Å². The van der Waals surface area contributed by atoms with Gasteiger partial charge in [-0.3, -0.25) is 9.59 Å². The highest BCUT2D eigenvalue weighted by molar-refractivity contribution is 6.61.